The minimum atomic E-state index is -0.797. The fraction of sp³-hybridized carbons (Fsp3) is 0.919. The quantitative estimate of drug-likeness (QED) is 0.183. The average molecular weight is 605 g/mol. The fourth-order valence-electron chi connectivity index (χ4n) is 8.23. The van der Waals surface area contributed by atoms with Gasteiger partial charge in [0.2, 0.25) is 0 Å². The molecule has 1 saturated heterocycles. The molecule has 0 aromatic carbocycles. The van der Waals surface area contributed by atoms with Crippen molar-refractivity contribution in [2.24, 2.45) is 56.2 Å². The smallest absolute Gasteiger partial charge is 0.312 e. The Balaban J connectivity index is 1.86. The summed E-state index contributed by atoms with van der Waals surface area (Å²) in [6.45, 7) is 33.6. The van der Waals surface area contributed by atoms with Crippen LogP contribution in [0, 0.1) is 56.2 Å². The van der Waals surface area contributed by atoms with Gasteiger partial charge in [-0.05, 0) is 81.0 Å². The summed E-state index contributed by atoms with van der Waals surface area (Å²) in [7, 11) is 0. The Hall–Kier alpha value is -1.59. The van der Waals surface area contributed by atoms with Crippen LogP contribution in [0.2, 0.25) is 0 Å². The van der Waals surface area contributed by atoms with E-state index in [1.807, 2.05) is 27.7 Å². The van der Waals surface area contributed by atoms with Crippen LogP contribution in [0.3, 0.4) is 0 Å². The van der Waals surface area contributed by atoms with Gasteiger partial charge in [0.05, 0.1) is 16.7 Å². The van der Waals surface area contributed by atoms with Crippen LogP contribution in [-0.4, -0.2) is 35.7 Å². The van der Waals surface area contributed by atoms with Gasteiger partial charge in [0.15, 0.2) is 0 Å². The molecule has 2 saturated carbocycles. The Labute approximate surface area is 263 Å². The number of esters is 3. The summed E-state index contributed by atoms with van der Waals surface area (Å²) in [5.74, 6) is -0.863. The Morgan fingerprint density at radius 2 is 1.28 bits per heavy atom. The largest absolute Gasteiger partial charge is 0.459 e. The van der Waals surface area contributed by atoms with E-state index < -0.39 is 22.5 Å². The fourth-order valence-corrected chi connectivity index (χ4v) is 8.23. The summed E-state index contributed by atoms with van der Waals surface area (Å²) in [5.41, 5.74) is -2.87. The highest BCUT2D eigenvalue weighted by molar-refractivity contribution is 5.80. The van der Waals surface area contributed by atoms with Crippen molar-refractivity contribution in [2.45, 2.75) is 161 Å². The molecule has 8 unspecified atom stereocenters. The van der Waals surface area contributed by atoms with E-state index in [4.69, 9.17) is 14.2 Å². The highest BCUT2D eigenvalue weighted by Gasteiger charge is 2.69. The molecule has 0 aromatic rings. The van der Waals surface area contributed by atoms with Gasteiger partial charge in [-0.2, -0.15) is 0 Å². The lowest BCUT2D eigenvalue weighted by Gasteiger charge is -2.46. The van der Waals surface area contributed by atoms with Crippen molar-refractivity contribution in [1.82, 2.24) is 0 Å². The molecule has 0 radical (unpaired) electrons. The first-order valence-corrected chi connectivity index (χ1v) is 16.7. The van der Waals surface area contributed by atoms with Crippen LogP contribution in [0.5, 0.6) is 0 Å². The van der Waals surface area contributed by atoms with Gasteiger partial charge in [-0.25, -0.2) is 0 Å². The van der Waals surface area contributed by atoms with E-state index in [0.29, 0.717) is 19.3 Å². The molecule has 0 aromatic heterocycles. The monoisotopic (exact) mass is 604 g/mol. The molecule has 3 aliphatic rings. The van der Waals surface area contributed by atoms with Crippen LogP contribution in [0.15, 0.2) is 0 Å². The van der Waals surface area contributed by atoms with E-state index >= 15 is 0 Å². The second-order valence-electron chi connectivity index (χ2n) is 19.5. The van der Waals surface area contributed by atoms with E-state index in [0.717, 1.165) is 12.8 Å². The lowest BCUT2D eigenvalue weighted by atomic mass is 9.60. The molecular formula is C37H64O6. The van der Waals surface area contributed by atoms with Gasteiger partial charge >= 0.3 is 17.9 Å². The zero-order valence-corrected chi connectivity index (χ0v) is 30.4. The van der Waals surface area contributed by atoms with Gasteiger partial charge in [-0.1, -0.05) is 89.5 Å². The molecule has 6 nitrogen and oxygen atoms in total. The van der Waals surface area contributed by atoms with Crippen LogP contribution in [0.4, 0.5) is 0 Å². The van der Waals surface area contributed by atoms with Crippen molar-refractivity contribution >= 4 is 17.9 Å². The van der Waals surface area contributed by atoms with Gasteiger partial charge in [0, 0.05) is 11.8 Å². The second-order valence-corrected chi connectivity index (χ2v) is 19.5. The first kappa shape index (κ1) is 35.9. The topological polar surface area (TPSA) is 78.9 Å². The van der Waals surface area contributed by atoms with Crippen LogP contribution in [-0.2, 0) is 28.6 Å². The Morgan fingerprint density at radius 1 is 0.767 bits per heavy atom. The van der Waals surface area contributed by atoms with Gasteiger partial charge in [-0.15, -0.1) is 0 Å². The van der Waals surface area contributed by atoms with E-state index in [-0.39, 0.29) is 69.3 Å². The number of fused-ring (bicyclic) bond motifs is 1. The zero-order chi connectivity index (χ0) is 33.4. The zero-order valence-electron chi connectivity index (χ0n) is 30.4. The Bertz CT molecular complexity index is 1080. The van der Waals surface area contributed by atoms with E-state index in [1.54, 1.807) is 0 Å². The summed E-state index contributed by atoms with van der Waals surface area (Å²) in [4.78, 5) is 41.3. The SMILES string of the molecule is CCC(C)(C)CC(C)(C(=O)OC1C2CC3C1OC(=O)C3C2CC(C)(C)OC(=O)C(C)(CC(C)(C)C)C(C)(C)C)C(C)(C)C. The summed E-state index contributed by atoms with van der Waals surface area (Å²) >= 11 is 0. The van der Waals surface area contributed by atoms with Gasteiger partial charge in [0.1, 0.15) is 17.8 Å². The van der Waals surface area contributed by atoms with Crippen LogP contribution in [0.1, 0.15) is 143 Å². The molecule has 0 amide bonds. The summed E-state index contributed by atoms with van der Waals surface area (Å²) in [6, 6.07) is 0. The minimum absolute atomic E-state index is 0.000329. The average Bonchev–Trinajstić information content (AvgIpc) is 3.39. The molecule has 2 aliphatic carbocycles. The number of rotatable bonds is 10. The van der Waals surface area contributed by atoms with Crippen molar-refractivity contribution in [1.29, 1.82) is 0 Å². The standard InChI is InChI=1S/C37H64O6/c1-17-34(11,12)21-37(16,33(8,9)10)29(39)42-26-22-18-23-25(28(38)41-27(23)26)24(22)19-35(13,14)43-30(40)36(15,32(5,6)7)20-31(2,3)4/h22-27H,17-21H2,1-16H3. The van der Waals surface area contributed by atoms with Crippen molar-refractivity contribution in [3.63, 3.8) is 0 Å². The van der Waals surface area contributed by atoms with Crippen molar-refractivity contribution < 1.29 is 28.6 Å². The third-order valence-electron chi connectivity index (χ3n) is 11.9. The molecule has 1 heterocycles. The Morgan fingerprint density at radius 3 is 1.74 bits per heavy atom. The van der Waals surface area contributed by atoms with Crippen molar-refractivity contribution in [3.8, 4) is 0 Å². The number of hydrogen-bond acceptors (Lipinski definition) is 6. The maximum Gasteiger partial charge on any atom is 0.312 e. The van der Waals surface area contributed by atoms with Gasteiger partial charge in [-0.3, -0.25) is 14.4 Å². The number of carbonyl (C=O) groups excluding carboxylic acids is 3. The summed E-state index contributed by atoms with van der Waals surface area (Å²) in [6.07, 6.45) is 2.83. The van der Waals surface area contributed by atoms with Crippen molar-refractivity contribution in [3.05, 3.63) is 0 Å². The Kier molecular flexibility index (Phi) is 9.21. The maximum absolute atomic E-state index is 14.1. The molecule has 8 atom stereocenters. The van der Waals surface area contributed by atoms with E-state index in [2.05, 4.69) is 83.1 Å². The second kappa shape index (κ2) is 11.0. The molecule has 0 N–H and O–H groups in total. The first-order chi connectivity index (χ1) is 19.1. The summed E-state index contributed by atoms with van der Waals surface area (Å²) in [5, 5.41) is 0. The van der Waals surface area contributed by atoms with E-state index in [1.165, 1.54) is 0 Å². The molecule has 0 spiro atoms. The number of ether oxygens (including phenoxy) is 3. The lowest BCUT2D eigenvalue weighted by molar-refractivity contribution is -0.183. The minimum Gasteiger partial charge on any atom is -0.459 e. The molecule has 43 heavy (non-hydrogen) atoms. The summed E-state index contributed by atoms with van der Waals surface area (Å²) < 4.78 is 18.8. The van der Waals surface area contributed by atoms with Crippen LogP contribution < -0.4 is 0 Å². The van der Waals surface area contributed by atoms with Gasteiger partial charge < -0.3 is 14.2 Å². The number of carbonyl (C=O) groups is 3. The van der Waals surface area contributed by atoms with Gasteiger partial charge in [0.25, 0.3) is 0 Å². The molecule has 2 bridgehead atoms. The highest BCUT2D eigenvalue weighted by atomic mass is 16.6. The first-order valence-electron chi connectivity index (χ1n) is 16.7. The normalized spacial score (nSPS) is 30.5. The number of hydrogen-bond donors (Lipinski definition) is 0. The maximum atomic E-state index is 14.1. The molecule has 3 rings (SSSR count). The molecule has 6 heteroatoms. The third kappa shape index (κ3) is 6.83. The lowest BCUT2D eigenvalue weighted by Crippen LogP contribution is -2.50. The molecule has 1 aliphatic heterocycles. The van der Waals surface area contributed by atoms with Crippen LogP contribution in [0.25, 0.3) is 0 Å². The van der Waals surface area contributed by atoms with Crippen molar-refractivity contribution in [2.75, 3.05) is 0 Å². The van der Waals surface area contributed by atoms with Crippen LogP contribution >= 0.6 is 0 Å². The molecule has 3 fully saturated rings. The molecular weight excluding hydrogens is 540 g/mol. The highest BCUT2D eigenvalue weighted by Crippen LogP contribution is 2.61. The van der Waals surface area contributed by atoms with E-state index in [9.17, 15) is 14.4 Å². The third-order valence-corrected chi connectivity index (χ3v) is 11.9. The predicted molar refractivity (Wildman–Crippen MR) is 171 cm³/mol. The predicted octanol–water partition coefficient (Wildman–Crippen LogP) is 8.78. The molecule has 248 valence electrons.